The molecular weight excluding hydrogens is 318 g/mol. The van der Waals surface area contributed by atoms with Gasteiger partial charge in [-0.2, -0.15) is 0 Å². The zero-order valence-electron chi connectivity index (χ0n) is 14.2. The summed E-state index contributed by atoms with van der Waals surface area (Å²) in [6.45, 7) is 4.08. The van der Waals surface area contributed by atoms with Crippen LogP contribution in [0.3, 0.4) is 0 Å². The molecule has 25 heavy (non-hydrogen) atoms. The van der Waals surface area contributed by atoms with Gasteiger partial charge in [0, 0.05) is 31.0 Å². The van der Waals surface area contributed by atoms with Gasteiger partial charge in [-0.15, -0.1) is 0 Å². The molecule has 1 fully saturated rings. The van der Waals surface area contributed by atoms with E-state index in [-0.39, 0.29) is 12.5 Å². The van der Waals surface area contributed by atoms with E-state index in [1.165, 1.54) is 0 Å². The topological polar surface area (TPSA) is 95.3 Å². The third kappa shape index (κ3) is 2.42. The van der Waals surface area contributed by atoms with Crippen molar-refractivity contribution in [3.63, 3.8) is 0 Å². The van der Waals surface area contributed by atoms with Gasteiger partial charge >= 0.3 is 0 Å². The lowest BCUT2D eigenvalue weighted by Gasteiger charge is -2.24. The number of aromatic amines is 1. The van der Waals surface area contributed by atoms with Crippen molar-refractivity contribution in [2.75, 3.05) is 24.5 Å². The molecule has 2 amide bonds. The maximum atomic E-state index is 13.2. The number of amides is 2. The lowest BCUT2D eigenvalue weighted by molar-refractivity contribution is -0.125. The number of likely N-dealkylation sites (tertiary alicyclic amines) is 1. The summed E-state index contributed by atoms with van der Waals surface area (Å²) in [5, 5.41) is 0. The SMILES string of the molecule is Cc1[nH]cnc1CN1CCC2(C1)C(=O)N(CC(N)=O)c1ccccc12. The highest BCUT2D eigenvalue weighted by Gasteiger charge is 2.54. The standard InChI is InChI=1S/C18H21N5O2/c1-12-14(21-11-20-12)8-22-7-6-18(10-22)13-4-2-3-5-15(13)23(17(18)25)9-16(19)24/h2-5,11H,6-10H2,1H3,(H2,19,24)(H,20,21). The predicted octanol–water partition coefficient (Wildman–Crippen LogP) is 0.694. The van der Waals surface area contributed by atoms with E-state index in [1.807, 2.05) is 31.2 Å². The molecule has 0 saturated carbocycles. The number of hydrogen-bond donors (Lipinski definition) is 2. The molecular formula is C18H21N5O2. The van der Waals surface area contributed by atoms with Gasteiger partial charge in [0.1, 0.15) is 6.54 Å². The zero-order valence-corrected chi connectivity index (χ0v) is 14.2. The van der Waals surface area contributed by atoms with Gasteiger partial charge in [0.25, 0.3) is 0 Å². The van der Waals surface area contributed by atoms with Crippen molar-refractivity contribution in [3.05, 3.63) is 47.5 Å². The van der Waals surface area contributed by atoms with Crippen LogP contribution in [0.2, 0.25) is 0 Å². The molecule has 1 aromatic carbocycles. The molecule has 2 aliphatic heterocycles. The molecule has 3 N–H and O–H groups in total. The van der Waals surface area contributed by atoms with Crippen molar-refractivity contribution < 1.29 is 9.59 Å². The molecule has 1 saturated heterocycles. The molecule has 3 heterocycles. The summed E-state index contributed by atoms with van der Waals surface area (Å²) in [5.41, 5.74) is 8.64. The van der Waals surface area contributed by atoms with Gasteiger partial charge < -0.3 is 15.6 Å². The fourth-order valence-electron chi connectivity index (χ4n) is 4.09. The van der Waals surface area contributed by atoms with Crippen LogP contribution in [-0.4, -0.2) is 46.3 Å². The third-order valence-corrected chi connectivity index (χ3v) is 5.33. The molecule has 2 aliphatic rings. The smallest absolute Gasteiger partial charge is 0.239 e. The van der Waals surface area contributed by atoms with E-state index in [9.17, 15) is 9.59 Å². The molecule has 2 aromatic rings. The highest BCUT2D eigenvalue weighted by atomic mass is 16.2. The number of fused-ring (bicyclic) bond motifs is 2. The monoisotopic (exact) mass is 339 g/mol. The number of anilines is 1. The quantitative estimate of drug-likeness (QED) is 0.857. The summed E-state index contributed by atoms with van der Waals surface area (Å²) >= 11 is 0. The van der Waals surface area contributed by atoms with Crippen LogP contribution in [0.25, 0.3) is 0 Å². The summed E-state index contributed by atoms with van der Waals surface area (Å²) in [7, 11) is 0. The van der Waals surface area contributed by atoms with Gasteiger partial charge in [-0.1, -0.05) is 18.2 Å². The van der Waals surface area contributed by atoms with Crippen molar-refractivity contribution in [3.8, 4) is 0 Å². The molecule has 1 unspecified atom stereocenters. The lowest BCUT2D eigenvalue weighted by atomic mass is 9.81. The molecule has 4 rings (SSSR count). The first-order valence-corrected chi connectivity index (χ1v) is 8.42. The number of primary amides is 1. The Morgan fingerprint density at radius 3 is 2.92 bits per heavy atom. The van der Waals surface area contributed by atoms with Crippen molar-refractivity contribution in [1.29, 1.82) is 0 Å². The number of aromatic nitrogens is 2. The van der Waals surface area contributed by atoms with Crippen LogP contribution in [0.1, 0.15) is 23.4 Å². The van der Waals surface area contributed by atoms with Gasteiger partial charge in [0.2, 0.25) is 11.8 Å². The van der Waals surface area contributed by atoms with Crippen LogP contribution in [-0.2, 0) is 21.5 Å². The molecule has 0 bridgehead atoms. The van der Waals surface area contributed by atoms with Crippen LogP contribution in [0.15, 0.2) is 30.6 Å². The lowest BCUT2D eigenvalue weighted by Crippen LogP contribution is -2.45. The summed E-state index contributed by atoms with van der Waals surface area (Å²) in [6.07, 6.45) is 2.43. The Morgan fingerprint density at radius 1 is 1.40 bits per heavy atom. The highest BCUT2D eigenvalue weighted by Crippen LogP contribution is 2.47. The molecule has 1 aromatic heterocycles. The van der Waals surface area contributed by atoms with Gasteiger partial charge in [-0.25, -0.2) is 4.98 Å². The van der Waals surface area contributed by atoms with Crippen LogP contribution in [0, 0.1) is 6.92 Å². The number of aryl methyl sites for hydroxylation is 1. The first-order valence-electron chi connectivity index (χ1n) is 8.42. The van der Waals surface area contributed by atoms with Crippen LogP contribution < -0.4 is 10.6 Å². The number of benzene rings is 1. The first kappa shape index (κ1) is 15.8. The van der Waals surface area contributed by atoms with E-state index in [1.54, 1.807) is 11.2 Å². The summed E-state index contributed by atoms with van der Waals surface area (Å²) in [4.78, 5) is 35.9. The molecule has 1 atom stereocenters. The highest BCUT2D eigenvalue weighted by molar-refractivity contribution is 6.11. The predicted molar refractivity (Wildman–Crippen MR) is 92.9 cm³/mol. The van der Waals surface area contributed by atoms with Gasteiger partial charge in [-0.05, 0) is 25.0 Å². The second-order valence-electron chi connectivity index (χ2n) is 6.89. The molecule has 0 aliphatic carbocycles. The number of para-hydroxylation sites is 1. The Kier molecular flexibility index (Phi) is 3.61. The summed E-state index contributed by atoms with van der Waals surface area (Å²) in [6, 6.07) is 7.73. The first-order chi connectivity index (χ1) is 12.0. The van der Waals surface area contributed by atoms with E-state index in [0.29, 0.717) is 13.1 Å². The molecule has 130 valence electrons. The average Bonchev–Trinajstić information content (AvgIpc) is 3.25. The number of H-pyrrole nitrogens is 1. The minimum atomic E-state index is -0.587. The minimum absolute atomic E-state index is 0.0197. The fourth-order valence-corrected chi connectivity index (χ4v) is 4.09. The van der Waals surface area contributed by atoms with Crippen molar-refractivity contribution in [2.24, 2.45) is 5.73 Å². The minimum Gasteiger partial charge on any atom is -0.368 e. The average molecular weight is 339 g/mol. The number of hydrogen-bond acceptors (Lipinski definition) is 4. The maximum Gasteiger partial charge on any atom is 0.239 e. The van der Waals surface area contributed by atoms with E-state index >= 15 is 0 Å². The summed E-state index contributed by atoms with van der Waals surface area (Å²) in [5.74, 6) is -0.518. The third-order valence-electron chi connectivity index (χ3n) is 5.33. The number of rotatable bonds is 4. The van der Waals surface area contributed by atoms with Crippen molar-refractivity contribution in [2.45, 2.75) is 25.3 Å². The Hall–Kier alpha value is -2.67. The fraction of sp³-hybridized carbons (Fsp3) is 0.389. The van der Waals surface area contributed by atoms with Gasteiger partial charge in [-0.3, -0.25) is 14.5 Å². The van der Waals surface area contributed by atoms with Gasteiger partial charge in [0.15, 0.2) is 0 Å². The van der Waals surface area contributed by atoms with Crippen LogP contribution in [0.5, 0.6) is 0 Å². The maximum absolute atomic E-state index is 13.2. The van der Waals surface area contributed by atoms with E-state index < -0.39 is 11.3 Å². The number of imidazole rings is 1. The van der Waals surface area contributed by atoms with E-state index in [4.69, 9.17) is 5.73 Å². The number of carbonyl (C=O) groups is 2. The Morgan fingerprint density at radius 2 is 2.20 bits per heavy atom. The Balaban J connectivity index is 1.64. The van der Waals surface area contributed by atoms with Crippen LogP contribution in [0.4, 0.5) is 5.69 Å². The van der Waals surface area contributed by atoms with Gasteiger partial charge in [0.05, 0.1) is 17.4 Å². The number of nitrogens with one attached hydrogen (secondary N) is 1. The Bertz CT molecular complexity index is 845. The molecule has 1 spiro atoms. The second-order valence-corrected chi connectivity index (χ2v) is 6.89. The van der Waals surface area contributed by atoms with Crippen molar-refractivity contribution in [1.82, 2.24) is 14.9 Å². The second kappa shape index (κ2) is 5.70. The normalized spacial score (nSPS) is 22.8. The van der Waals surface area contributed by atoms with E-state index in [2.05, 4.69) is 14.9 Å². The number of nitrogens with zero attached hydrogens (tertiary/aromatic N) is 3. The van der Waals surface area contributed by atoms with E-state index in [0.717, 1.165) is 35.6 Å². The molecule has 7 heteroatoms. The summed E-state index contributed by atoms with van der Waals surface area (Å²) < 4.78 is 0. The molecule has 0 radical (unpaired) electrons. The Labute approximate surface area is 145 Å². The number of nitrogens with two attached hydrogens (primary N) is 1. The largest absolute Gasteiger partial charge is 0.368 e. The molecule has 7 nitrogen and oxygen atoms in total. The van der Waals surface area contributed by atoms with Crippen molar-refractivity contribution >= 4 is 17.5 Å². The zero-order chi connectivity index (χ0) is 17.6. The number of carbonyl (C=O) groups excluding carboxylic acids is 2. The van der Waals surface area contributed by atoms with Crippen LogP contribution >= 0.6 is 0 Å².